The summed E-state index contributed by atoms with van der Waals surface area (Å²) in [6.45, 7) is 4.97. The summed E-state index contributed by atoms with van der Waals surface area (Å²) in [5, 5.41) is 4.49. The van der Waals surface area contributed by atoms with Crippen molar-refractivity contribution < 1.29 is 4.39 Å². The van der Waals surface area contributed by atoms with Crippen molar-refractivity contribution in [2.45, 2.75) is 33.2 Å². The van der Waals surface area contributed by atoms with Crippen LogP contribution in [0.2, 0.25) is 0 Å². The van der Waals surface area contributed by atoms with Crippen molar-refractivity contribution in [1.29, 1.82) is 0 Å². The first-order valence-corrected chi connectivity index (χ1v) is 8.04. The molecule has 23 heavy (non-hydrogen) atoms. The van der Waals surface area contributed by atoms with Gasteiger partial charge in [0.1, 0.15) is 5.82 Å². The minimum atomic E-state index is -0.119. The molecule has 0 spiro atoms. The number of aromatic nitrogens is 2. The largest absolute Gasteiger partial charge is 0.265 e. The molecular formula is C20H21FN2. The molecule has 0 unspecified atom stereocenters. The quantitative estimate of drug-likeness (QED) is 0.662. The Labute approximate surface area is 136 Å². The van der Waals surface area contributed by atoms with E-state index in [1.165, 1.54) is 17.2 Å². The molecule has 0 radical (unpaired) electrons. The number of halogens is 1. The molecule has 0 atom stereocenters. The molecule has 0 saturated carbocycles. The molecule has 0 saturated heterocycles. The van der Waals surface area contributed by atoms with Crippen molar-refractivity contribution in [2.75, 3.05) is 0 Å². The van der Waals surface area contributed by atoms with E-state index >= 15 is 0 Å². The Hall–Kier alpha value is -2.42. The van der Waals surface area contributed by atoms with Crippen LogP contribution in [0.25, 0.3) is 11.3 Å². The molecule has 0 aliphatic rings. The fraction of sp³-hybridized carbons (Fsp3) is 0.250. The van der Waals surface area contributed by atoms with Crippen molar-refractivity contribution >= 4 is 0 Å². The van der Waals surface area contributed by atoms with E-state index in [2.05, 4.69) is 42.4 Å². The molecule has 3 aromatic rings. The van der Waals surface area contributed by atoms with Crippen molar-refractivity contribution in [3.63, 3.8) is 0 Å². The van der Waals surface area contributed by atoms with Crippen LogP contribution in [0.15, 0.2) is 54.6 Å². The third-order valence-electron chi connectivity index (χ3n) is 4.09. The Morgan fingerprint density at radius 3 is 2.43 bits per heavy atom. The molecule has 118 valence electrons. The van der Waals surface area contributed by atoms with Crippen LogP contribution < -0.4 is 0 Å². The summed E-state index contributed by atoms with van der Waals surface area (Å²) in [6.07, 6.45) is 1.56. The van der Waals surface area contributed by atoms with Gasteiger partial charge in [0, 0.05) is 6.54 Å². The van der Waals surface area contributed by atoms with E-state index in [1.54, 1.807) is 6.07 Å². The van der Waals surface area contributed by atoms with E-state index in [-0.39, 0.29) is 5.82 Å². The molecule has 0 amide bonds. The standard InChI is InChI=1S/C20H21FN2/c1-3-23-20(14-15(2)22-23)18-12-9-16(10-13-18)8-11-17-6-4-5-7-19(17)21/h4-7,9-10,12-14H,3,8,11H2,1-2H3. The highest BCUT2D eigenvalue weighted by Crippen LogP contribution is 2.22. The first-order valence-electron chi connectivity index (χ1n) is 8.04. The zero-order valence-electron chi connectivity index (χ0n) is 13.6. The Balaban J connectivity index is 1.73. The van der Waals surface area contributed by atoms with E-state index in [0.717, 1.165) is 36.3 Å². The van der Waals surface area contributed by atoms with Crippen molar-refractivity contribution in [2.24, 2.45) is 0 Å². The highest BCUT2D eigenvalue weighted by atomic mass is 19.1. The second kappa shape index (κ2) is 6.78. The lowest BCUT2D eigenvalue weighted by Crippen LogP contribution is -1.99. The van der Waals surface area contributed by atoms with Gasteiger partial charge in [-0.1, -0.05) is 42.5 Å². The molecule has 0 bridgehead atoms. The highest BCUT2D eigenvalue weighted by molar-refractivity contribution is 5.60. The van der Waals surface area contributed by atoms with Crippen LogP contribution in [0.1, 0.15) is 23.7 Å². The van der Waals surface area contributed by atoms with Crippen LogP contribution in [-0.4, -0.2) is 9.78 Å². The third-order valence-corrected chi connectivity index (χ3v) is 4.09. The van der Waals surface area contributed by atoms with Gasteiger partial charge in [-0.3, -0.25) is 4.68 Å². The minimum absolute atomic E-state index is 0.119. The normalized spacial score (nSPS) is 10.9. The summed E-state index contributed by atoms with van der Waals surface area (Å²) in [5.41, 5.74) is 5.34. The molecule has 0 aliphatic heterocycles. The average Bonchev–Trinajstić information content (AvgIpc) is 2.95. The van der Waals surface area contributed by atoms with E-state index in [9.17, 15) is 4.39 Å². The Morgan fingerprint density at radius 1 is 1.00 bits per heavy atom. The molecule has 2 aromatic carbocycles. The maximum Gasteiger partial charge on any atom is 0.126 e. The zero-order valence-corrected chi connectivity index (χ0v) is 13.6. The first kappa shape index (κ1) is 15.5. The SMILES string of the molecule is CCn1nc(C)cc1-c1ccc(CCc2ccccc2F)cc1. The fourth-order valence-corrected chi connectivity index (χ4v) is 2.84. The molecule has 0 fully saturated rings. The van der Waals surface area contributed by atoms with Crippen LogP contribution in [0.3, 0.4) is 0 Å². The van der Waals surface area contributed by atoms with Crippen LogP contribution >= 0.6 is 0 Å². The van der Waals surface area contributed by atoms with Gasteiger partial charge in [0.05, 0.1) is 11.4 Å². The van der Waals surface area contributed by atoms with Gasteiger partial charge in [-0.2, -0.15) is 5.10 Å². The maximum absolute atomic E-state index is 13.7. The van der Waals surface area contributed by atoms with Crippen molar-refractivity contribution in [1.82, 2.24) is 9.78 Å². The Morgan fingerprint density at radius 2 is 1.74 bits per heavy atom. The van der Waals surface area contributed by atoms with Crippen LogP contribution in [0.4, 0.5) is 4.39 Å². The molecule has 1 aromatic heterocycles. The number of aryl methyl sites for hydroxylation is 4. The fourth-order valence-electron chi connectivity index (χ4n) is 2.84. The molecular weight excluding hydrogens is 287 g/mol. The zero-order chi connectivity index (χ0) is 16.2. The number of hydrogen-bond acceptors (Lipinski definition) is 1. The van der Waals surface area contributed by atoms with Crippen molar-refractivity contribution in [3.05, 3.63) is 77.2 Å². The first-order chi connectivity index (χ1) is 11.2. The predicted molar refractivity (Wildman–Crippen MR) is 91.9 cm³/mol. The van der Waals surface area contributed by atoms with Gasteiger partial charge in [-0.05, 0) is 55.5 Å². The lowest BCUT2D eigenvalue weighted by atomic mass is 10.0. The lowest BCUT2D eigenvalue weighted by molar-refractivity contribution is 0.608. The van der Waals surface area contributed by atoms with Crippen LogP contribution in [0.5, 0.6) is 0 Å². The summed E-state index contributed by atoms with van der Waals surface area (Å²) >= 11 is 0. The molecule has 1 heterocycles. The van der Waals surface area contributed by atoms with E-state index in [0.29, 0.717) is 0 Å². The third kappa shape index (κ3) is 3.50. The van der Waals surface area contributed by atoms with E-state index in [1.807, 2.05) is 23.7 Å². The van der Waals surface area contributed by atoms with Gasteiger partial charge in [0.25, 0.3) is 0 Å². The van der Waals surface area contributed by atoms with Gasteiger partial charge >= 0.3 is 0 Å². The molecule has 3 rings (SSSR count). The predicted octanol–water partition coefficient (Wildman–Crippen LogP) is 4.80. The maximum atomic E-state index is 13.7. The molecule has 0 N–H and O–H groups in total. The average molecular weight is 308 g/mol. The Bertz CT molecular complexity index is 788. The lowest BCUT2D eigenvalue weighted by Gasteiger charge is -2.07. The number of nitrogens with zero attached hydrogens (tertiary/aromatic N) is 2. The van der Waals surface area contributed by atoms with Crippen LogP contribution in [0, 0.1) is 12.7 Å². The molecule has 0 aliphatic carbocycles. The van der Waals surface area contributed by atoms with E-state index < -0.39 is 0 Å². The van der Waals surface area contributed by atoms with Gasteiger partial charge in [0.2, 0.25) is 0 Å². The molecule has 3 heteroatoms. The van der Waals surface area contributed by atoms with Gasteiger partial charge < -0.3 is 0 Å². The minimum Gasteiger partial charge on any atom is -0.265 e. The highest BCUT2D eigenvalue weighted by Gasteiger charge is 2.07. The Kier molecular flexibility index (Phi) is 4.56. The van der Waals surface area contributed by atoms with Gasteiger partial charge in [-0.25, -0.2) is 4.39 Å². The van der Waals surface area contributed by atoms with E-state index in [4.69, 9.17) is 0 Å². The summed E-state index contributed by atoms with van der Waals surface area (Å²) in [4.78, 5) is 0. The number of rotatable bonds is 5. The van der Waals surface area contributed by atoms with Crippen molar-refractivity contribution in [3.8, 4) is 11.3 Å². The monoisotopic (exact) mass is 308 g/mol. The second-order valence-electron chi connectivity index (χ2n) is 5.78. The van der Waals surface area contributed by atoms with Gasteiger partial charge in [-0.15, -0.1) is 0 Å². The molecule has 2 nitrogen and oxygen atoms in total. The smallest absolute Gasteiger partial charge is 0.126 e. The number of benzene rings is 2. The summed E-state index contributed by atoms with van der Waals surface area (Å²) in [5.74, 6) is -0.119. The van der Waals surface area contributed by atoms with Crippen LogP contribution in [-0.2, 0) is 19.4 Å². The second-order valence-corrected chi connectivity index (χ2v) is 5.78. The van der Waals surface area contributed by atoms with Gasteiger partial charge in [0.15, 0.2) is 0 Å². The topological polar surface area (TPSA) is 17.8 Å². The summed E-state index contributed by atoms with van der Waals surface area (Å²) in [6, 6.07) is 17.6. The summed E-state index contributed by atoms with van der Waals surface area (Å²) < 4.78 is 15.7. The number of hydrogen-bond donors (Lipinski definition) is 0. The summed E-state index contributed by atoms with van der Waals surface area (Å²) in [7, 11) is 0.